The van der Waals surface area contributed by atoms with Crippen LogP contribution in [0.2, 0.25) is 0 Å². The number of anilines is 3. The van der Waals surface area contributed by atoms with E-state index in [1.807, 2.05) is 18.5 Å². The minimum Gasteiger partial charge on any atom is -0.383 e. The highest BCUT2D eigenvalue weighted by atomic mass is 16.5. The molecule has 3 heterocycles. The summed E-state index contributed by atoms with van der Waals surface area (Å²) in [6.45, 7) is 0.909. The summed E-state index contributed by atoms with van der Waals surface area (Å²) in [4.78, 5) is 39.2. The van der Waals surface area contributed by atoms with Crippen LogP contribution in [0.25, 0.3) is 0 Å². The van der Waals surface area contributed by atoms with Crippen LogP contribution in [0.4, 0.5) is 22.2 Å². The smallest absolute Gasteiger partial charge is 0.332 e. The van der Waals surface area contributed by atoms with Crippen LogP contribution < -0.4 is 16.0 Å². The molecule has 2 aliphatic carbocycles. The largest absolute Gasteiger partial charge is 0.383 e. The van der Waals surface area contributed by atoms with Gasteiger partial charge in [0.15, 0.2) is 0 Å². The highest BCUT2D eigenvalue weighted by Crippen LogP contribution is 2.39. The van der Waals surface area contributed by atoms with Crippen molar-refractivity contribution < 1.29 is 17.2 Å². The van der Waals surface area contributed by atoms with Crippen molar-refractivity contribution in [3.05, 3.63) is 36.3 Å². The van der Waals surface area contributed by atoms with Gasteiger partial charge >= 0.3 is 6.03 Å². The van der Waals surface area contributed by atoms with Crippen molar-refractivity contribution in [2.45, 2.75) is 50.5 Å². The van der Waals surface area contributed by atoms with Crippen molar-refractivity contribution in [3.8, 4) is 0 Å². The van der Waals surface area contributed by atoms with Gasteiger partial charge in [0.05, 0.1) is 18.5 Å². The molecular formula is C23H35N7O3. The minimum atomic E-state index is -0.314. The average molecular weight is 458 g/mol. The van der Waals surface area contributed by atoms with Crippen LogP contribution in [0.3, 0.4) is 0 Å². The SMILES string of the molecule is COCCN1CC(=O)N(c2ccc(NC3CCCC3)nc2)C1=O.Nc1ncc(C2CC2)cn1.[HH].[HH]. The van der Waals surface area contributed by atoms with Gasteiger partial charge in [-0.15, -0.1) is 0 Å². The van der Waals surface area contributed by atoms with Crippen LogP contribution in [0.1, 0.15) is 52.9 Å². The topological polar surface area (TPSA) is 127 Å². The second-order valence-electron chi connectivity index (χ2n) is 8.60. The molecule has 2 aromatic rings. The van der Waals surface area contributed by atoms with Gasteiger partial charge in [-0.05, 0) is 49.3 Å². The molecule has 0 spiro atoms. The molecule has 0 bridgehead atoms. The number of pyridine rings is 1. The quantitative estimate of drug-likeness (QED) is 0.607. The zero-order valence-electron chi connectivity index (χ0n) is 18.9. The number of hydrogen-bond acceptors (Lipinski definition) is 8. The number of nitrogens with two attached hydrogens (primary N) is 1. The Morgan fingerprint density at radius 3 is 2.42 bits per heavy atom. The van der Waals surface area contributed by atoms with Crippen molar-refractivity contribution in [2.24, 2.45) is 0 Å². The Kier molecular flexibility index (Phi) is 7.33. The molecule has 2 aromatic heterocycles. The van der Waals surface area contributed by atoms with Gasteiger partial charge in [0.25, 0.3) is 5.91 Å². The molecule has 1 aliphatic heterocycles. The van der Waals surface area contributed by atoms with Gasteiger partial charge in [-0.2, -0.15) is 0 Å². The summed E-state index contributed by atoms with van der Waals surface area (Å²) in [6.07, 6.45) is 12.6. The molecule has 3 N–H and O–H groups in total. The van der Waals surface area contributed by atoms with Crippen LogP contribution >= 0.6 is 0 Å². The van der Waals surface area contributed by atoms with E-state index in [0.717, 1.165) is 11.7 Å². The van der Waals surface area contributed by atoms with Gasteiger partial charge in [0.1, 0.15) is 12.4 Å². The molecule has 5 rings (SSSR count). The number of imide groups is 1. The van der Waals surface area contributed by atoms with E-state index in [-0.39, 0.29) is 21.3 Å². The summed E-state index contributed by atoms with van der Waals surface area (Å²) in [6, 6.07) is 3.75. The van der Waals surface area contributed by atoms with Crippen molar-refractivity contribution in [1.82, 2.24) is 19.9 Å². The Bertz CT molecular complexity index is 953. The first-order chi connectivity index (χ1) is 16.0. The Hall–Kier alpha value is -3.27. The maximum Gasteiger partial charge on any atom is 0.332 e. The lowest BCUT2D eigenvalue weighted by Crippen LogP contribution is -2.34. The van der Waals surface area contributed by atoms with Crippen LogP contribution in [0.15, 0.2) is 30.7 Å². The third-order valence-electron chi connectivity index (χ3n) is 6.06. The van der Waals surface area contributed by atoms with Gasteiger partial charge in [-0.3, -0.25) is 4.79 Å². The molecule has 3 aliphatic rings. The van der Waals surface area contributed by atoms with E-state index in [1.165, 1.54) is 53.9 Å². The fraction of sp³-hybridized carbons (Fsp3) is 0.522. The van der Waals surface area contributed by atoms with Gasteiger partial charge in [0.2, 0.25) is 5.95 Å². The number of ether oxygens (including phenoxy) is 1. The molecule has 180 valence electrons. The van der Waals surface area contributed by atoms with Gasteiger partial charge < -0.3 is 20.7 Å². The number of methoxy groups -OCH3 is 1. The van der Waals surface area contributed by atoms with E-state index in [9.17, 15) is 9.59 Å². The summed E-state index contributed by atoms with van der Waals surface area (Å²) < 4.78 is 4.96. The fourth-order valence-corrected chi connectivity index (χ4v) is 4.04. The molecule has 0 aromatic carbocycles. The van der Waals surface area contributed by atoms with E-state index >= 15 is 0 Å². The van der Waals surface area contributed by atoms with Crippen LogP contribution in [-0.2, 0) is 9.53 Å². The Morgan fingerprint density at radius 2 is 1.82 bits per heavy atom. The van der Waals surface area contributed by atoms with E-state index in [0.29, 0.717) is 30.8 Å². The van der Waals surface area contributed by atoms with Crippen LogP contribution in [0.5, 0.6) is 0 Å². The maximum absolute atomic E-state index is 12.3. The first-order valence-corrected chi connectivity index (χ1v) is 11.5. The molecule has 0 radical (unpaired) electrons. The lowest BCUT2D eigenvalue weighted by molar-refractivity contribution is -0.116. The molecule has 0 atom stereocenters. The van der Waals surface area contributed by atoms with E-state index < -0.39 is 0 Å². The molecule has 0 unspecified atom stereocenters. The summed E-state index contributed by atoms with van der Waals surface area (Å²) >= 11 is 0. The van der Waals surface area contributed by atoms with Crippen LogP contribution in [0, 0.1) is 0 Å². The number of aromatic nitrogens is 3. The molecule has 3 fully saturated rings. The Labute approximate surface area is 196 Å². The summed E-state index contributed by atoms with van der Waals surface area (Å²) in [5, 5.41) is 3.39. The molecular weight excluding hydrogens is 422 g/mol. The third-order valence-corrected chi connectivity index (χ3v) is 6.06. The molecule has 3 amide bonds. The highest BCUT2D eigenvalue weighted by Gasteiger charge is 2.37. The van der Waals surface area contributed by atoms with E-state index in [2.05, 4.69) is 20.3 Å². The molecule has 10 heteroatoms. The molecule has 1 saturated heterocycles. The Morgan fingerprint density at radius 1 is 1.09 bits per heavy atom. The summed E-state index contributed by atoms with van der Waals surface area (Å²) in [5.41, 5.74) is 7.07. The minimum absolute atomic E-state index is 0. The maximum atomic E-state index is 12.3. The predicted octanol–water partition coefficient (Wildman–Crippen LogP) is 3.28. The normalized spacial score (nSPS) is 18.5. The lowest BCUT2D eigenvalue weighted by Gasteiger charge is -2.17. The first-order valence-electron chi connectivity index (χ1n) is 11.5. The summed E-state index contributed by atoms with van der Waals surface area (Å²) in [7, 11) is 1.57. The number of nitrogens with zero attached hydrogens (tertiary/aromatic N) is 5. The van der Waals surface area contributed by atoms with Gasteiger partial charge in [-0.1, -0.05) is 12.8 Å². The zero-order valence-corrected chi connectivity index (χ0v) is 18.9. The second-order valence-corrected chi connectivity index (χ2v) is 8.60. The van der Waals surface area contributed by atoms with Crippen molar-refractivity contribution in [3.63, 3.8) is 0 Å². The summed E-state index contributed by atoms with van der Waals surface area (Å²) in [5.74, 6) is 1.64. The average Bonchev–Trinajstić information content (AvgIpc) is 3.47. The predicted molar refractivity (Wildman–Crippen MR) is 129 cm³/mol. The number of amides is 3. The van der Waals surface area contributed by atoms with E-state index in [1.54, 1.807) is 19.4 Å². The first kappa shape index (κ1) is 22.9. The number of carbonyl (C=O) groups excluding carboxylic acids is 2. The second kappa shape index (κ2) is 10.6. The number of nitrogen functional groups attached to an aromatic ring is 1. The monoisotopic (exact) mass is 457 g/mol. The number of urea groups is 1. The van der Waals surface area contributed by atoms with Crippen LogP contribution in [-0.4, -0.2) is 64.6 Å². The lowest BCUT2D eigenvalue weighted by atomic mass is 10.2. The standard InChI is InChI=1S/C16H22N4O3.C7H9N3.2H2/c1-23-9-8-19-11-15(21)20(16(19)22)13-6-7-14(17-10-13)18-12-4-2-3-5-12;8-7-9-3-6(4-10-7)5-1-2-5;;/h6-7,10,12H,2-5,8-9,11H2,1H3,(H,17,18);3-5H,1-2H2,(H2,8,9,10);2*1H. The van der Waals surface area contributed by atoms with Crippen molar-refractivity contribution in [1.29, 1.82) is 0 Å². The third kappa shape index (κ3) is 5.95. The number of hydrogen-bond donors (Lipinski definition) is 2. The highest BCUT2D eigenvalue weighted by molar-refractivity contribution is 6.19. The van der Waals surface area contributed by atoms with Crippen molar-refractivity contribution in [2.75, 3.05) is 42.8 Å². The van der Waals surface area contributed by atoms with Gasteiger partial charge in [-0.25, -0.2) is 24.6 Å². The molecule has 10 nitrogen and oxygen atoms in total. The zero-order chi connectivity index (χ0) is 23.2. The number of carbonyl (C=O) groups is 2. The van der Waals surface area contributed by atoms with Crippen molar-refractivity contribution >= 4 is 29.4 Å². The fourth-order valence-electron chi connectivity index (χ4n) is 4.04. The van der Waals surface area contributed by atoms with E-state index in [4.69, 9.17) is 10.5 Å². The number of rotatable bonds is 7. The van der Waals surface area contributed by atoms with Gasteiger partial charge in [0, 0.05) is 34.9 Å². The molecule has 33 heavy (non-hydrogen) atoms. The Balaban J connectivity index is 0.000000303. The molecule has 2 saturated carbocycles. The number of nitrogens with one attached hydrogen (secondary N) is 1.